The first kappa shape index (κ1) is 226. The Morgan fingerprint density at radius 2 is 0.155 bits per heavy atom. The molecule has 15 amide bonds. The van der Waals surface area contributed by atoms with Crippen molar-refractivity contribution in [2.45, 2.75) is 0 Å². The van der Waals surface area contributed by atoms with Gasteiger partial charge in [0.2, 0.25) is 96.2 Å². The molecule has 0 heterocycles. The maximum Gasteiger partial charge on any atom is 4.00 e. The third kappa shape index (κ3) is 2160. The van der Waals surface area contributed by atoms with Gasteiger partial charge in [0.1, 0.15) is 0 Å². The van der Waals surface area contributed by atoms with Crippen LogP contribution in [0.4, 0.5) is 0 Å². The Hall–Kier alpha value is -6.10. The van der Waals surface area contributed by atoms with Gasteiger partial charge in [0, 0.05) is 305 Å². The molecule has 0 saturated heterocycles. The van der Waals surface area contributed by atoms with Crippen molar-refractivity contribution in [3.63, 3.8) is 0 Å². The minimum absolute atomic E-state index is 0. The van der Waals surface area contributed by atoms with Crippen LogP contribution >= 0.6 is 134 Å². The summed E-state index contributed by atoms with van der Waals surface area (Å²) in [6.07, 6.45) is 11.2. The molecule has 0 rings (SSSR count). The van der Waals surface area contributed by atoms with E-state index < -0.39 is 0 Å². The van der Waals surface area contributed by atoms with E-state index in [4.69, 9.17) is 59.5 Å². The van der Waals surface area contributed by atoms with E-state index in [0.29, 0.717) is 0 Å². The van der Waals surface area contributed by atoms with E-state index in [9.17, 15) is 71.9 Å². The molecule has 0 aliphatic carbocycles. The summed E-state index contributed by atoms with van der Waals surface area (Å²) < 4.78 is 0. The number of carbonyl (C=O) groups excluding carboxylic acids is 15. The normalized spacial score (nSPS) is 5.16. The van der Waals surface area contributed by atoms with Crippen LogP contribution < -0.4 is 0 Å². The maximum atomic E-state index is 9.43. The van der Waals surface area contributed by atoms with Gasteiger partial charge in [-0.2, -0.15) is 56.8 Å². The van der Waals surface area contributed by atoms with Crippen LogP contribution in [0, 0.1) is 124 Å². The van der Waals surface area contributed by atoms with Gasteiger partial charge in [-0.3, -0.25) is 71.9 Å². The number of hydrogen-bond acceptors (Lipinski definition) is 26. The fourth-order valence-electron chi connectivity index (χ4n) is 0. The summed E-state index contributed by atoms with van der Waals surface area (Å²) in [5.74, 6) is 0. The Balaban J connectivity index is -0.0000000188. The zero-order valence-corrected chi connectivity index (χ0v) is 95.7. The van der Waals surface area contributed by atoms with E-state index in [1.54, 1.807) is 211 Å². The minimum atomic E-state index is 0. The van der Waals surface area contributed by atoms with Crippen LogP contribution in [0.15, 0.2) is 0 Å². The van der Waals surface area contributed by atoms with Crippen LogP contribution in [0.3, 0.4) is 0 Å². The smallest absolute Gasteiger partial charge is 2.00 e. The van der Waals surface area contributed by atoms with Crippen molar-refractivity contribution in [3.8, 4) is 0 Å². The summed E-state index contributed by atoms with van der Waals surface area (Å²) in [5, 5.41) is 93.1. The molecule has 0 bridgehead atoms. The van der Waals surface area contributed by atoms with Crippen molar-refractivity contribution < 1.29 is 218 Å². The van der Waals surface area contributed by atoms with E-state index in [0.717, 1.165) is 96.2 Å². The van der Waals surface area contributed by atoms with E-state index >= 15 is 0 Å². The molecule has 0 atom stereocenters. The van der Waals surface area contributed by atoms with E-state index in [1.165, 1.54) is 130 Å². The fraction of sp³-hybridized carbons (Fsp3) is 0.536. The van der Waals surface area contributed by atoms with Gasteiger partial charge in [0.05, 0.1) is 0 Å². The molecule has 0 aliphatic heterocycles. The predicted octanol–water partition coefficient (Wildman–Crippen LogP) is 2.34. The standard InChI is InChI=1S/15C3H7NO.11CNS.4O.4U/c15*1-4(2)3-5;11*2-1-3;;;;;;;;/h15*3H,1-2H3;;;;;;;;;;;;;;;;;;;/q;;;;;;;;;;;;;;;11*-1;4*-2;;;;+4. The molecule has 116 heavy (non-hydrogen) atoms. The largest absolute Gasteiger partial charge is 4.00 e. The molecule has 670 valence electrons. The second kappa shape index (κ2) is 301. The number of amides is 15. The van der Waals surface area contributed by atoms with Crippen LogP contribution in [0.5, 0.6) is 0 Å². The molecule has 0 aromatic heterocycles. The quantitative estimate of drug-likeness (QED) is 0.129. The molecule has 0 aliphatic rings. The zero-order chi connectivity index (χ0) is 94.0. The van der Waals surface area contributed by atoms with Gasteiger partial charge in [-0.05, 0) is 0 Å². The zero-order valence-electron chi connectivity index (χ0n) is 70.0. The van der Waals surface area contributed by atoms with Gasteiger partial charge >= 0.3 is 31.1 Å². The van der Waals surface area contributed by atoms with Gasteiger partial charge < -0.3 is 155 Å². The number of nitrogens with zero attached hydrogens (tertiary/aromatic N) is 26. The van der Waals surface area contributed by atoms with E-state index in [-0.39, 0.29) is 146 Å². The van der Waals surface area contributed by atoms with Gasteiger partial charge in [-0.15, -0.1) is 0 Å². The summed E-state index contributed by atoms with van der Waals surface area (Å²) in [4.78, 5) is 163. The van der Waals surface area contributed by atoms with Gasteiger partial charge in [0.25, 0.3) is 0 Å². The summed E-state index contributed by atoms with van der Waals surface area (Å²) in [6.45, 7) is 0. The second-order valence-electron chi connectivity index (χ2n) is 17.0. The summed E-state index contributed by atoms with van der Waals surface area (Å²) in [7, 11) is 50.6. The van der Waals surface area contributed by atoms with Crippen LogP contribution in [0.1, 0.15) is 0 Å². The number of thiocarbonyl (C=S) groups is 11. The Labute approximate surface area is 840 Å². The Bertz CT molecular complexity index is 1740. The molecule has 0 aromatic rings. The van der Waals surface area contributed by atoms with Crippen LogP contribution in [0.25, 0.3) is 59.5 Å². The topological polar surface area (TPSA) is 664 Å². The Morgan fingerprint density at radius 1 is 0.147 bits per heavy atom. The fourth-order valence-corrected chi connectivity index (χ4v) is 0. The summed E-state index contributed by atoms with van der Waals surface area (Å²) in [6, 6.07) is 0. The molecular weight excluding hydrogens is 2650 g/mol. The van der Waals surface area contributed by atoms with Crippen molar-refractivity contribution in [1.29, 1.82) is 0 Å². The molecule has 0 radical (unpaired) electrons. The van der Waals surface area contributed by atoms with Gasteiger partial charge in [0.15, 0.2) is 0 Å². The summed E-state index contributed by atoms with van der Waals surface area (Å²) in [5.41, 5.74) is 0. The number of isothiocyanates is 11. The molecular formula is C56H105N26O19S11U4-15. The van der Waals surface area contributed by atoms with Crippen molar-refractivity contribution in [2.75, 3.05) is 211 Å². The monoisotopic (exact) mass is 2750 g/mol. The summed E-state index contributed by atoms with van der Waals surface area (Å²) >= 11 is 40.7. The molecule has 0 saturated carbocycles. The van der Waals surface area contributed by atoms with Crippen molar-refractivity contribution >= 4 is 287 Å². The van der Waals surface area contributed by atoms with Crippen LogP contribution in [-0.2, 0) is 93.8 Å². The average molecular weight is 2750 g/mol. The predicted molar refractivity (Wildman–Crippen MR) is 475 cm³/mol. The van der Waals surface area contributed by atoms with Crippen LogP contribution in [-0.4, -0.2) is 438 Å². The number of hydrogen-bond donors (Lipinski definition) is 0. The molecule has 45 nitrogen and oxygen atoms in total. The number of carbonyl (C=O) groups is 15. The molecule has 0 fully saturated rings. The first-order valence-electron chi connectivity index (χ1n) is 25.5. The average Bonchev–Trinajstić information content (AvgIpc) is 3.60. The van der Waals surface area contributed by atoms with Crippen molar-refractivity contribution in [2.24, 2.45) is 0 Å². The first-order chi connectivity index (χ1) is 49.6. The third-order valence-electron chi connectivity index (χ3n) is 3.16. The number of rotatable bonds is 15. The van der Waals surface area contributed by atoms with E-state index in [2.05, 4.69) is 134 Å². The maximum absolute atomic E-state index is 9.43. The minimum Gasteiger partial charge on any atom is -2.00 e. The SMILES string of the molecule is CN(C)C=O.CN(C)C=O.CN(C)C=O.CN(C)C=O.CN(C)C=O.CN(C)C=O.CN(C)C=O.CN(C)C=O.CN(C)C=O.CN(C)C=O.CN(C)C=O.CN(C)C=O.CN(C)C=O.CN(C)C=O.CN(C)C=O.[N-]=C=S.[N-]=C=S.[N-]=C=S.[N-]=C=S.[N-]=C=S.[N-]=C=S.[N-]=C=S.[N-]=C=S.[N-]=C=S.[N-]=C=S.[N-]=C=S.[O-2].[O-2].[O-2].[O-2].[U+4].[U].[U].[U]. The van der Waals surface area contributed by atoms with Crippen molar-refractivity contribution in [3.05, 3.63) is 59.5 Å². The molecule has 0 spiro atoms. The molecule has 0 aromatic carbocycles. The van der Waals surface area contributed by atoms with E-state index in [1.807, 2.05) is 0 Å². The Morgan fingerprint density at radius 3 is 0.155 bits per heavy atom. The van der Waals surface area contributed by atoms with Gasteiger partial charge in [-0.25, -0.2) is 0 Å². The van der Waals surface area contributed by atoms with Crippen LogP contribution in [0.2, 0.25) is 0 Å². The first-order valence-corrected chi connectivity index (χ1v) is 30.0. The Kier molecular flexibility index (Phi) is 587. The molecule has 0 unspecified atom stereocenters. The molecule has 0 N–H and O–H groups in total. The third-order valence-corrected chi connectivity index (χ3v) is 3.16. The van der Waals surface area contributed by atoms with Crippen molar-refractivity contribution in [1.82, 2.24) is 73.5 Å². The van der Waals surface area contributed by atoms with Gasteiger partial charge in [-0.1, -0.05) is 134 Å². The second-order valence-corrected chi connectivity index (χ2v) is 19.0. The molecule has 60 heteroatoms.